The Balaban J connectivity index is 4.26. The number of carboxylic acids is 1. The van der Waals surface area contributed by atoms with Gasteiger partial charge in [-0.3, -0.25) is 9.59 Å². The maximum absolute atomic E-state index is 12.8. The van der Waals surface area contributed by atoms with Gasteiger partial charge >= 0.3 is 11.9 Å². The van der Waals surface area contributed by atoms with Crippen molar-refractivity contribution in [1.29, 1.82) is 0 Å². The molecule has 8 nitrogen and oxygen atoms in total. The number of aliphatic carboxylic acids is 1. The van der Waals surface area contributed by atoms with Crippen molar-refractivity contribution in [3.05, 3.63) is 97.2 Å². The number of carbonyl (C=O) groups excluding carboxylic acids is 3. The number of ether oxygens (including phenoxy) is 3. The molecule has 0 fully saturated rings. The number of hydrogen-bond acceptors (Lipinski definition) is 7. The first-order valence-corrected chi connectivity index (χ1v) is 26.8. The Morgan fingerprint density at radius 3 is 1.16 bits per heavy atom. The molecule has 0 aromatic rings. The number of esters is 2. The van der Waals surface area contributed by atoms with Crippen LogP contribution in [0.25, 0.3) is 0 Å². The first-order valence-electron chi connectivity index (χ1n) is 26.8. The van der Waals surface area contributed by atoms with Crippen molar-refractivity contribution in [2.75, 3.05) is 41.0 Å². The molecule has 0 bridgehead atoms. The molecule has 0 heterocycles. The van der Waals surface area contributed by atoms with E-state index in [9.17, 15) is 19.5 Å². The lowest BCUT2D eigenvalue weighted by molar-refractivity contribution is -0.889. The molecule has 2 atom stereocenters. The molecule has 0 radical (unpaired) electrons. The zero-order chi connectivity index (χ0) is 49.2. The second-order valence-electron chi connectivity index (χ2n) is 18.7. The lowest BCUT2D eigenvalue weighted by atomic mass is 10.0. The largest absolute Gasteiger partial charge is 0.544 e. The molecule has 0 amide bonds. The van der Waals surface area contributed by atoms with Gasteiger partial charge in [0, 0.05) is 19.3 Å². The number of carbonyl (C=O) groups is 3. The normalized spacial score (nSPS) is 13.6. The van der Waals surface area contributed by atoms with Crippen molar-refractivity contribution in [3.8, 4) is 0 Å². The van der Waals surface area contributed by atoms with Gasteiger partial charge in [0.1, 0.15) is 12.6 Å². The average Bonchev–Trinajstić information content (AvgIpc) is 3.29. The van der Waals surface area contributed by atoms with Gasteiger partial charge in [-0.1, -0.05) is 195 Å². The average molecular weight is 934 g/mol. The number of likely N-dealkylation sites (N-methyl/N-ethyl adjacent to an activating group) is 1. The molecule has 2 unspecified atom stereocenters. The van der Waals surface area contributed by atoms with E-state index >= 15 is 0 Å². The quantitative estimate of drug-likeness (QED) is 0.0259. The Labute approximate surface area is 411 Å². The summed E-state index contributed by atoms with van der Waals surface area (Å²) < 4.78 is 17.3. The first kappa shape index (κ1) is 63.2. The first-order chi connectivity index (χ1) is 32.6. The zero-order valence-corrected chi connectivity index (χ0v) is 43.5. The van der Waals surface area contributed by atoms with Crippen LogP contribution in [0.5, 0.6) is 0 Å². The van der Waals surface area contributed by atoms with Crippen LogP contribution in [0, 0.1) is 0 Å². The Morgan fingerprint density at radius 1 is 0.448 bits per heavy atom. The van der Waals surface area contributed by atoms with Gasteiger partial charge < -0.3 is 28.6 Å². The minimum Gasteiger partial charge on any atom is -0.544 e. The topological polar surface area (TPSA) is 102 Å². The van der Waals surface area contributed by atoms with E-state index in [1.54, 1.807) is 21.1 Å². The standard InChI is InChI=1S/C59H99NO7/c1-6-8-10-12-14-16-18-20-22-24-26-28-29-30-32-34-36-38-40-42-44-46-48-50-58(62)67-55(53-65-52-51-56(59(63)64)60(3,4)5)54-66-57(61)49-47-45-43-41-39-37-35-33-31-27-25-23-21-19-17-15-13-11-9-7-2/h8-11,14-17,20-23,26-28,31,55-56H,6-7,12-13,18-19,24-25,29-30,32-54H2,1-5H3/b10-8+,11-9+,16-14+,17-15+,22-20+,23-21+,28-26+,31-27+. The summed E-state index contributed by atoms with van der Waals surface area (Å²) >= 11 is 0. The van der Waals surface area contributed by atoms with Crippen molar-refractivity contribution in [3.63, 3.8) is 0 Å². The van der Waals surface area contributed by atoms with Crippen molar-refractivity contribution in [2.45, 2.75) is 219 Å². The Bertz CT molecular complexity index is 1410. The highest BCUT2D eigenvalue weighted by atomic mass is 16.6. The Hall–Kier alpha value is -3.75. The number of hydrogen-bond donors (Lipinski definition) is 0. The van der Waals surface area contributed by atoms with Crippen LogP contribution in [0.2, 0.25) is 0 Å². The van der Waals surface area contributed by atoms with Gasteiger partial charge in [0.05, 0.1) is 40.3 Å². The van der Waals surface area contributed by atoms with E-state index in [1.807, 2.05) is 0 Å². The molecule has 0 N–H and O–H groups in total. The fraction of sp³-hybridized carbons (Fsp3) is 0.678. The van der Waals surface area contributed by atoms with Gasteiger partial charge in [0.2, 0.25) is 0 Å². The van der Waals surface area contributed by atoms with Crippen LogP contribution >= 0.6 is 0 Å². The number of carboxylic acid groups (broad SMARTS) is 1. The molecule has 0 aromatic heterocycles. The van der Waals surface area contributed by atoms with E-state index in [4.69, 9.17) is 14.2 Å². The molecule has 8 heteroatoms. The summed E-state index contributed by atoms with van der Waals surface area (Å²) in [5, 5.41) is 11.7. The number of rotatable bonds is 47. The summed E-state index contributed by atoms with van der Waals surface area (Å²) in [6, 6.07) is -0.734. The molecular weight excluding hydrogens is 835 g/mol. The third-order valence-corrected chi connectivity index (χ3v) is 11.5. The van der Waals surface area contributed by atoms with E-state index in [2.05, 4.69) is 111 Å². The van der Waals surface area contributed by atoms with Crippen molar-refractivity contribution >= 4 is 17.9 Å². The number of nitrogens with zero attached hydrogens (tertiary/aromatic N) is 1. The van der Waals surface area contributed by atoms with Gasteiger partial charge in [0.15, 0.2) is 6.10 Å². The van der Waals surface area contributed by atoms with E-state index in [0.717, 1.165) is 103 Å². The van der Waals surface area contributed by atoms with Crippen molar-refractivity contribution < 1.29 is 38.2 Å². The van der Waals surface area contributed by atoms with Crippen LogP contribution in [-0.4, -0.2) is 75.5 Å². The van der Waals surface area contributed by atoms with Crippen LogP contribution in [-0.2, 0) is 28.6 Å². The SMILES string of the molecule is CC/C=C/C/C=C/C/C=C/C/C=C/CCCCCCCCCCCCC(=O)OC(COCCC(C(=O)[O-])[N+](C)(C)C)COC(=O)CCCCCCCCC/C=C/C/C=C/C/C=C/C/C=C/CC. The minimum atomic E-state index is -1.13. The van der Waals surface area contributed by atoms with Crippen LogP contribution in [0.15, 0.2) is 97.2 Å². The third-order valence-electron chi connectivity index (χ3n) is 11.5. The molecule has 0 rings (SSSR count). The molecule has 0 spiro atoms. The monoisotopic (exact) mass is 934 g/mol. The molecule has 0 saturated heterocycles. The molecule has 0 saturated carbocycles. The van der Waals surface area contributed by atoms with Gasteiger partial charge in [0.25, 0.3) is 0 Å². The van der Waals surface area contributed by atoms with Gasteiger partial charge in [-0.15, -0.1) is 0 Å². The summed E-state index contributed by atoms with van der Waals surface area (Å²) in [5.41, 5.74) is 0. The molecule has 0 aliphatic rings. The second kappa shape index (κ2) is 48.7. The second-order valence-corrected chi connectivity index (χ2v) is 18.7. The van der Waals surface area contributed by atoms with Crippen LogP contribution in [0.1, 0.15) is 206 Å². The summed E-state index contributed by atoms with van der Waals surface area (Å²) in [6.45, 7) is 4.43. The minimum absolute atomic E-state index is 0.0304. The van der Waals surface area contributed by atoms with E-state index in [-0.39, 0.29) is 42.7 Å². The van der Waals surface area contributed by atoms with Crippen LogP contribution in [0.4, 0.5) is 0 Å². The molecule has 0 aliphatic carbocycles. The molecule has 67 heavy (non-hydrogen) atoms. The highest BCUT2D eigenvalue weighted by Gasteiger charge is 2.25. The van der Waals surface area contributed by atoms with Crippen LogP contribution < -0.4 is 5.11 Å². The smallest absolute Gasteiger partial charge is 0.306 e. The number of quaternary nitrogens is 1. The van der Waals surface area contributed by atoms with Crippen LogP contribution in [0.3, 0.4) is 0 Å². The van der Waals surface area contributed by atoms with Crippen molar-refractivity contribution in [2.24, 2.45) is 0 Å². The fourth-order valence-corrected chi connectivity index (χ4v) is 7.41. The van der Waals surface area contributed by atoms with E-state index < -0.39 is 18.1 Å². The fourth-order valence-electron chi connectivity index (χ4n) is 7.41. The summed E-state index contributed by atoms with van der Waals surface area (Å²) in [5.74, 6) is -1.76. The number of unbranched alkanes of at least 4 members (excludes halogenated alkanes) is 17. The lowest BCUT2D eigenvalue weighted by Crippen LogP contribution is -2.55. The Kier molecular flexibility index (Phi) is 46.0. The highest BCUT2D eigenvalue weighted by Crippen LogP contribution is 2.15. The van der Waals surface area contributed by atoms with Gasteiger partial charge in [-0.05, 0) is 89.9 Å². The summed E-state index contributed by atoms with van der Waals surface area (Å²) in [4.78, 5) is 37.1. The van der Waals surface area contributed by atoms with E-state index in [1.165, 1.54) is 70.6 Å². The molecule has 0 aliphatic heterocycles. The summed E-state index contributed by atoms with van der Waals surface area (Å²) in [7, 11) is 5.41. The molecule has 0 aromatic carbocycles. The third kappa shape index (κ3) is 47.1. The van der Waals surface area contributed by atoms with Gasteiger partial charge in [-0.2, -0.15) is 0 Å². The van der Waals surface area contributed by atoms with Gasteiger partial charge in [-0.25, -0.2) is 0 Å². The predicted molar refractivity (Wildman–Crippen MR) is 281 cm³/mol. The predicted octanol–water partition coefficient (Wildman–Crippen LogP) is 14.5. The Morgan fingerprint density at radius 2 is 0.791 bits per heavy atom. The van der Waals surface area contributed by atoms with Crippen molar-refractivity contribution in [1.82, 2.24) is 0 Å². The maximum atomic E-state index is 12.8. The summed E-state index contributed by atoms with van der Waals surface area (Å²) in [6.07, 6.45) is 65.8. The lowest BCUT2D eigenvalue weighted by Gasteiger charge is -2.34. The zero-order valence-electron chi connectivity index (χ0n) is 43.5. The molecule has 382 valence electrons. The highest BCUT2D eigenvalue weighted by molar-refractivity contribution is 5.70. The number of allylic oxidation sites excluding steroid dienone is 16. The molecular formula is C59H99NO7. The maximum Gasteiger partial charge on any atom is 0.306 e. The van der Waals surface area contributed by atoms with E-state index in [0.29, 0.717) is 12.8 Å².